The minimum absolute atomic E-state index is 0.288. The Labute approximate surface area is 86.4 Å². The first-order valence-corrected chi connectivity index (χ1v) is 3.97. The third-order valence-electron chi connectivity index (χ3n) is 1.11. The molecule has 5 N–H and O–H groups in total. The van der Waals surface area contributed by atoms with Crippen LogP contribution in [-0.4, -0.2) is 23.7 Å². The number of carbonyl (C=O) groups excluding carboxylic acids is 1. The molecule has 0 saturated heterocycles. The molecule has 0 heterocycles. The molecule has 0 bridgehead atoms. The quantitative estimate of drug-likeness (QED) is 0.662. The number of rotatable bonds is 3. The Morgan fingerprint density at radius 1 is 1.20 bits per heavy atom. The zero-order valence-corrected chi connectivity index (χ0v) is 7.92. The molecule has 0 radical (unpaired) electrons. The van der Waals surface area contributed by atoms with Crippen molar-refractivity contribution in [2.24, 2.45) is 11.5 Å². The van der Waals surface area contributed by atoms with E-state index in [1.165, 1.54) is 0 Å². The van der Waals surface area contributed by atoms with E-state index >= 15 is 0 Å². The molecule has 0 aliphatic carbocycles. The van der Waals surface area contributed by atoms with Gasteiger partial charge >= 0.3 is 12.0 Å². The van der Waals surface area contributed by atoms with Gasteiger partial charge in [-0.25, -0.2) is 9.59 Å². The van der Waals surface area contributed by atoms with Gasteiger partial charge in [0.25, 0.3) is 0 Å². The van der Waals surface area contributed by atoms with E-state index in [-0.39, 0.29) is 6.61 Å². The summed E-state index contributed by atoms with van der Waals surface area (Å²) in [6.07, 6.45) is 0. The molecule has 1 rings (SSSR count). The lowest BCUT2D eigenvalue weighted by Gasteiger charge is -2.00. The van der Waals surface area contributed by atoms with Gasteiger partial charge in [0, 0.05) is 0 Å². The summed E-state index contributed by atoms with van der Waals surface area (Å²) in [5, 5.41) is 8.25. The van der Waals surface area contributed by atoms with Gasteiger partial charge in [-0.05, 0) is 12.1 Å². The number of aliphatic carboxylic acids is 1. The molecule has 82 valence electrons. The maximum Gasteiger partial charge on any atom is 0.341 e. The molecule has 0 unspecified atom stereocenters. The number of primary amides is 2. The van der Waals surface area contributed by atoms with E-state index in [1.54, 1.807) is 24.3 Å². The van der Waals surface area contributed by atoms with E-state index in [1.807, 2.05) is 6.07 Å². The molecule has 0 spiro atoms. The highest BCUT2D eigenvalue weighted by Crippen LogP contribution is 2.07. The highest BCUT2D eigenvalue weighted by Gasteiger charge is 1.96. The van der Waals surface area contributed by atoms with Crippen LogP contribution in [0, 0.1) is 0 Å². The van der Waals surface area contributed by atoms with Gasteiger partial charge in [-0.2, -0.15) is 0 Å². The highest BCUT2D eigenvalue weighted by molar-refractivity contribution is 5.69. The topological polar surface area (TPSA) is 116 Å². The summed E-state index contributed by atoms with van der Waals surface area (Å²) in [5.41, 5.74) is 8.50. The van der Waals surface area contributed by atoms with Crippen molar-refractivity contribution >= 4 is 12.0 Å². The van der Waals surface area contributed by atoms with Crippen molar-refractivity contribution in [3.63, 3.8) is 0 Å². The van der Waals surface area contributed by atoms with E-state index in [4.69, 9.17) is 14.6 Å². The second-order valence-electron chi connectivity index (χ2n) is 2.40. The number of ether oxygens (including phenoxy) is 1. The Kier molecular flexibility index (Phi) is 6.12. The first kappa shape index (κ1) is 12.8. The fourth-order valence-electron chi connectivity index (χ4n) is 0.662. The van der Waals surface area contributed by atoms with Crippen LogP contribution < -0.4 is 16.2 Å². The monoisotopic (exact) mass is 212 g/mol. The van der Waals surface area contributed by atoms with Crippen LogP contribution in [0.2, 0.25) is 0 Å². The van der Waals surface area contributed by atoms with Gasteiger partial charge in [0.1, 0.15) is 5.75 Å². The molecule has 15 heavy (non-hydrogen) atoms. The smallest absolute Gasteiger partial charge is 0.341 e. The lowest BCUT2D eigenvalue weighted by Crippen LogP contribution is -2.18. The molecule has 0 aliphatic rings. The average Bonchev–Trinajstić information content (AvgIpc) is 2.15. The first-order valence-electron chi connectivity index (χ1n) is 3.97. The van der Waals surface area contributed by atoms with Crippen LogP contribution >= 0.6 is 0 Å². The van der Waals surface area contributed by atoms with Crippen molar-refractivity contribution in [1.29, 1.82) is 0 Å². The number of carboxylic acid groups (broad SMARTS) is 1. The van der Waals surface area contributed by atoms with Gasteiger partial charge in [0.15, 0.2) is 6.61 Å². The van der Waals surface area contributed by atoms with Crippen molar-refractivity contribution in [3.8, 4) is 5.75 Å². The molecular formula is C9H12N2O4. The van der Waals surface area contributed by atoms with Crippen molar-refractivity contribution in [2.45, 2.75) is 0 Å². The van der Waals surface area contributed by atoms with Crippen LogP contribution in [0.25, 0.3) is 0 Å². The third kappa shape index (κ3) is 9.68. The standard InChI is InChI=1S/C8H8O3.CH4N2O/c9-8(10)6-11-7-4-2-1-3-5-7;2-1(3)4/h1-5H,6H2,(H,9,10);(H4,2,3,4). The van der Waals surface area contributed by atoms with Gasteiger partial charge < -0.3 is 21.3 Å². The van der Waals surface area contributed by atoms with Crippen molar-refractivity contribution < 1.29 is 19.4 Å². The zero-order chi connectivity index (χ0) is 11.7. The SMILES string of the molecule is NC(N)=O.O=C(O)COc1ccccc1. The largest absolute Gasteiger partial charge is 0.482 e. The Morgan fingerprint density at radius 3 is 2.07 bits per heavy atom. The molecule has 0 saturated carbocycles. The number of urea groups is 1. The summed E-state index contributed by atoms with van der Waals surface area (Å²) < 4.78 is 4.87. The van der Waals surface area contributed by atoms with Crippen LogP contribution in [0.1, 0.15) is 0 Å². The fourth-order valence-corrected chi connectivity index (χ4v) is 0.662. The second kappa shape index (κ2) is 7.19. The molecule has 2 amide bonds. The number of amides is 2. The van der Waals surface area contributed by atoms with Crippen molar-refractivity contribution in [2.75, 3.05) is 6.61 Å². The normalized spacial score (nSPS) is 8.27. The van der Waals surface area contributed by atoms with Gasteiger partial charge in [0.05, 0.1) is 0 Å². The summed E-state index contributed by atoms with van der Waals surface area (Å²) >= 11 is 0. The third-order valence-corrected chi connectivity index (χ3v) is 1.11. The van der Waals surface area contributed by atoms with E-state index < -0.39 is 12.0 Å². The van der Waals surface area contributed by atoms with Gasteiger partial charge in [-0.3, -0.25) is 0 Å². The molecule has 6 nitrogen and oxygen atoms in total. The Bertz CT molecular complexity index is 309. The predicted molar refractivity (Wildman–Crippen MR) is 53.3 cm³/mol. The number of para-hydroxylation sites is 1. The molecule has 1 aromatic carbocycles. The first-order chi connectivity index (χ1) is 7.02. The lowest BCUT2D eigenvalue weighted by atomic mass is 10.3. The minimum atomic E-state index is -0.964. The van der Waals surface area contributed by atoms with Crippen LogP contribution in [-0.2, 0) is 4.79 Å². The number of benzene rings is 1. The maximum absolute atomic E-state index is 10.0. The van der Waals surface area contributed by atoms with Gasteiger partial charge in [-0.15, -0.1) is 0 Å². The van der Waals surface area contributed by atoms with Crippen LogP contribution in [0.3, 0.4) is 0 Å². The number of hydrogen-bond donors (Lipinski definition) is 3. The number of hydrogen-bond acceptors (Lipinski definition) is 3. The lowest BCUT2D eigenvalue weighted by molar-refractivity contribution is -0.139. The zero-order valence-electron chi connectivity index (χ0n) is 7.92. The second-order valence-corrected chi connectivity index (χ2v) is 2.40. The predicted octanol–water partition coefficient (Wildman–Crippen LogP) is 0.174. The fraction of sp³-hybridized carbons (Fsp3) is 0.111. The van der Waals surface area contributed by atoms with E-state index in [0.717, 1.165) is 0 Å². The number of carbonyl (C=O) groups is 2. The van der Waals surface area contributed by atoms with Crippen LogP contribution in [0.5, 0.6) is 5.75 Å². The maximum atomic E-state index is 10.0. The summed E-state index contributed by atoms with van der Waals surface area (Å²) in [6.45, 7) is -0.288. The number of nitrogens with two attached hydrogens (primary N) is 2. The minimum Gasteiger partial charge on any atom is -0.482 e. The molecule has 0 atom stereocenters. The average molecular weight is 212 g/mol. The number of carboxylic acids is 1. The Balaban J connectivity index is 0.000000423. The summed E-state index contributed by atoms with van der Waals surface area (Å²) in [6, 6.07) is 8.01. The summed E-state index contributed by atoms with van der Waals surface area (Å²) in [5.74, 6) is -0.385. The van der Waals surface area contributed by atoms with E-state index in [2.05, 4.69) is 11.5 Å². The van der Waals surface area contributed by atoms with E-state index in [0.29, 0.717) is 5.75 Å². The Hall–Kier alpha value is -2.24. The highest BCUT2D eigenvalue weighted by atomic mass is 16.5. The van der Waals surface area contributed by atoms with Crippen LogP contribution in [0.15, 0.2) is 30.3 Å². The van der Waals surface area contributed by atoms with Crippen LogP contribution in [0.4, 0.5) is 4.79 Å². The summed E-state index contributed by atoms with van der Waals surface area (Å²) in [7, 11) is 0. The molecule has 6 heteroatoms. The molecule has 0 aromatic heterocycles. The molecule has 0 aliphatic heterocycles. The van der Waals surface area contributed by atoms with Gasteiger partial charge in [-0.1, -0.05) is 18.2 Å². The summed E-state index contributed by atoms with van der Waals surface area (Å²) in [4.78, 5) is 19.0. The Morgan fingerprint density at radius 2 is 1.67 bits per heavy atom. The molecular weight excluding hydrogens is 200 g/mol. The molecule has 1 aromatic rings. The molecule has 0 fully saturated rings. The van der Waals surface area contributed by atoms with Crippen molar-refractivity contribution in [3.05, 3.63) is 30.3 Å². The van der Waals surface area contributed by atoms with Crippen molar-refractivity contribution in [1.82, 2.24) is 0 Å². The van der Waals surface area contributed by atoms with Gasteiger partial charge in [0.2, 0.25) is 0 Å². The van der Waals surface area contributed by atoms with E-state index in [9.17, 15) is 4.79 Å².